The molecule has 3 aromatic rings. The molecule has 10 nitrogen and oxygen atoms in total. The minimum absolute atomic E-state index is 0.00339. The topological polar surface area (TPSA) is 142 Å². The molecule has 4 N–H and O–H groups in total. The lowest BCUT2D eigenvalue weighted by molar-refractivity contribution is -0.113. The number of guanidine groups is 1. The molecular formula is C26H23ClN6O4. The number of carboxylic acids is 1. The highest BCUT2D eigenvalue weighted by Gasteiger charge is 2.31. The number of halogens is 1. The van der Waals surface area contributed by atoms with Gasteiger partial charge in [-0.3, -0.25) is 10.1 Å². The summed E-state index contributed by atoms with van der Waals surface area (Å²) in [5.74, 6) is -0.374. The first-order chi connectivity index (χ1) is 17.8. The summed E-state index contributed by atoms with van der Waals surface area (Å²) in [6.45, 7) is 3.73. The Morgan fingerprint density at radius 3 is 2.78 bits per heavy atom. The Balaban J connectivity index is 1.47. The molecule has 0 fully saturated rings. The van der Waals surface area contributed by atoms with Crippen LogP contribution in [0.4, 0.5) is 11.8 Å². The second-order valence-corrected chi connectivity index (χ2v) is 9.00. The Morgan fingerprint density at radius 1 is 1.22 bits per heavy atom. The zero-order valence-corrected chi connectivity index (χ0v) is 20.8. The summed E-state index contributed by atoms with van der Waals surface area (Å²) >= 11 is 6.50. The quantitative estimate of drug-likeness (QED) is 0.377. The molecule has 3 heterocycles. The van der Waals surface area contributed by atoms with Crippen LogP contribution in [0, 0.1) is 0 Å². The predicted octanol–water partition coefficient (Wildman–Crippen LogP) is 4.80. The molecule has 1 aliphatic carbocycles. The van der Waals surface area contributed by atoms with Crippen molar-refractivity contribution in [2.45, 2.75) is 32.7 Å². The van der Waals surface area contributed by atoms with Gasteiger partial charge in [0.1, 0.15) is 23.3 Å². The van der Waals surface area contributed by atoms with Crippen LogP contribution in [-0.4, -0.2) is 32.9 Å². The molecule has 11 heteroatoms. The van der Waals surface area contributed by atoms with Gasteiger partial charge in [0.2, 0.25) is 5.96 Å². The number of aromatic carboxylic acids is 1. The molecule has 1 atom stereocenters. The molecule has 37 heavy (non-hydrogen) atoms. The van der Waals surface area contributed by atoms with Gasteiger partial charge in [-0.1, -0.05) is 35.9 Å². The molecule has 0 saturated heterocycles. The van der Waals surface area contributed by atoms with E-state index >= 15 is 0 Å². The Kier molecular flexibility index (Phi) is 6.49. The maximum atomic E-state index is 13.4. The molecule has 188 valence electrons. The number of amides is 1. The van der Waals surface area contributed by atoms with Crippen molar-refractivity contribution in [3.63, 3.8) is 0 Å². The van der Waals surface area contributed by atoms with Crippen molar-refractivity contribution in [3.05, 3.63) is 87.5 Å². The fourth-order valence-electron chi connectivity index (χ4n) is 4.27. The molecule has 1 aromatic carbocycles. The molecule has 5 rings (SSSR count). The van der Waals surface area contributed by atoms with E-state index in [1.807, 2.05) is 13.0 Å². The lowest BCUT2D eigenvalue weighted by Gasteiger charge is -2.26. The molecule has 0 saturated carbocycles. The average Bonchev–Trinajstić information content (AvgIpc) is 3.28. The number of hydrogen-bond donors (Lipinski definition) is 4. The first-order valence-electron chi connectivity index (χ1n) is 11.5. The number of rotatable bonds is 5. The maximum absolute atomic E-state index is 13.4. The standard InChI is InChI=1S/C26H23ClN6O4/c1-13-6-5-9-18-21(13)32-26(37-18)33-25-29-14(2)20(22(31-25)16-7-3-4-8-17(16)27)23(34)30-19-12-15(24(35)36)10-11-28-19/h3-4,6-8,10-12,22H,5,9H2,1-2H3,(H,35,36)(H,28,30,34)(H2,29,31,32,33). The number of allylic oxidation sites excluding steroid dienone is 3. The van der Waals surface area contributed by atoms with Gasteiger partial charge in [0.25, 0.3) is 5.91 Å². The highest BCUT2D eigenvalue weighted by Crippen LogP contribution is 2.36. The van der Waals surface area contributed by atoms with Gasteiger partial charge in [0.05, 0.1) is 11.1 Å². The van der Waals surface area contributed by atoms with Crippen molar-refractivity contribution in [2.75, 3.05) is 10.6 Å². The Morgan fingerprint density at radius 2 is 2.03 bits per heavy atom. The van der Waals surface area contributed by atoms with E-state index in [1.165, 1.54) is 18.3 Å². The summed E-state index contributed by atoms with van der Waals surface area (Å²) in [6.07, 6.45) is 5.10. The molecule has 0 radical (unpaired) electrons. The van der Waals surface area contributed by atoms with Crippen molar-refractivity contribution in [3.8, 4) is 0 Å². The van der Waals surface area contributed by atoms with Crippen LogP contribution >= 0.6 is 11.6 Å². The number of carboxylic acid groups (broad SMARTS) is 1. The van der Waals surface area contributed by atoms with Crippen LogP contribution in [-0.2, 0) is 11.2 Å². The van der Waals surface area contributed by atoms with Crippen molar-refractivity contribution >= 4 is 46.8 Å². The van der Waals surface area contributed by atoms with Gasteiger partial charge in [-0.05, 0) is 44.0 Å². The number of aliphatic imine (C=N–C) groups is 1. The molecule has 1 aliphatic heterocycles. The predicted molar refractivity (Wildman–Crippen MR) is 139 cm³/mol. The van der Waals surface area contributed by atoms with E-state index in [0.717, 1.165) is 29.9 Å². The molecule has 2 aromatic heterocycles. The second kappa shape index (κ2) is 9.90. The van der Waals surface area contributed by atoms with Crippen molar-refractivity contribution in [1.29, 1.82) is 0 Å². The Labute approximate surface area is 217 Å². The van der Waals surface area contributed by atoms with Crippen molar-refractivity contribution in [1.82, 2.24) is 15.3 Å². The number of nitrogens with zero attached hydrogens (tertiary/aromatic N) is 3. The lowest BCUT2D eigenvalue weighted by atomic mass is 9.95. The number of pyridine rings is 1. The number of anilines is 2. The average molecular weight is 519 g/mol. The smallest absolute Gasteiger partial charge is 0.335 e. The van der Waals surface area contributed by atoms with Crippen LogP contribution in [0.3, 0.4) is 0 Å². The summed E-state index contributed by atoms with van der Waals surface area (Å²) in [6, 6.07) is 9.27. The molecule has 0 bridgehead atoms. The fourth-order valence-corrected chi connectivity index (χ4v) is 4.51. The minimum atomic E-state index is -1.12. The number of nitrogens with one attached hydrogen (secondary N) is 3. The molecule has 1 unspecified atom stereocenters. The van der Waals surface area contributed by atoms with Gasteiger partial charge in [0, 0.05) is 28.9 Å². The van der Waals surface area contributed by atoms with Crippen LogP contribution in [0.5, 0.6) is 0 Å². The number of aromatic nitrogens is 2. The summed E-state index contributed by atoms with van der Waals surface area (Å²) in [7, 11) is 0. The summed E-state index contributed by atoms with van der Waals surface area (Å²) in [5, 5.41) is 18.6. The van der Waals surface area contributed by atoms with Gasteiger partial charge in [-0.2, -0.15) is 4.98 Å². The number of aryl methyl sites for hydroxylation is 1. The van der Waals surface area contributed by atoms with Crippen molar-refractivity contribution in [2.24, 2.45) is 4.99 Å². The SMILES string of the molecule is CC1=CCCc2oc(NC3=NC(c4ccccc4Cl)C(C(=O)Nc4cc(C(=O)O)ccn4)=C(C)N3)nc21. The van der Waals surface area contributed by atoms with Gasteiger partial charge >= 0.3 is 12.0 Å². The first-order valence-corrected chi connectivity index (χ1v) is 11.9. The van der Waals surface area contributed by atoms with Crippen LogP contribution < -0.4 is 16.0 Å². The normalized spacial score (nSPS) is 16.8. The zero-order valence-electron chi connectivity index (χ0n) is 20.0. The zero-order chi connectivity index (χ0) is 26.1. The van der Waals surface area contributed by atoms with E-state index in [9.17, 15) is 14.7 Å². The summed E-state index contributed by atoms with van der Waals surface area (Å²) < 4.78 is 5.90. The molecular weight excluding hydrogens is 496 g/mol. The third kappa shape index (κ3) is 4.96. The summed E-state index contributed by atoms with van der Waals surface area (Å²) in [5.41, 5.74) is 3.31. The van der Waals surface area contributed by atoms with Crippen LogP contribution in [0.15, 0.2) is 69.4 Å². The first kappa shape index (κ1) is 24.3. The molecule has 1 amide bonds. The third-order valence-electron chi connectivity index (χ3n) is 6.05. The van der Waals surface area contributed by atoms with Gasteiger partial charge < -0.3 is 20.2 Å². The van der Waals surface area contributed by atoms with E-state index in [2.05, 4.69) is 32.0 Å². The van der Waals surface area contributed by atoms with Crippen molar-refractivity contribution < 1.29 is 19.1 Å². The van der Waals surface area contributed by atoms with E-state index in [-0.39, 0.29) is 11.4 Å². The number of fused-ring (bicyclic) bond motifs is 1. The van der Waals surface area contributed by atoms with Gasteiger partial charge in [-0.25, -0.2) is 14.8 Å². The number of oxazole rings is 1. The molecule has 2 aliphatic rings. The fraction of sp³-hybridized carbons (Fsp3) is 0.192. The molecule has 0 spiro atoms. The monoisotopic (exact) mass is 518 g/mol. The number of carbonyl (C=O) groups excluding carboxylic acids is 1. The Bertz CT molecular complexity index is 1510. The van der Waals surface area contributed by atoms with Crippen LogP contribution in [0.2, 0.25) is 5.02 Å². The maximum Gasteiger partial charge on any atom is 0.335 e. The largest absolute Gasteiger partial charge is 0.478 e. The highest BCUT2D eigenvalue weighted by atomic mass is 35.5. The number of benzene rings is 1. The van der Waals surface area contributed by atoms with E-state index < -0.39 is 17.9 Å². The highest BCUT2D eigenvalue weighted by molar-refractivity contribution is 6.31. The third-order valence-corrected chi connectivity index (χ3v) is 6.40. The van der Waals surface area contributed by atoms with E-state index in [0.29, 0.717) is 33.8 Å². The summed E-state index contributed by atoms with van der Waals surface area (Å²) in [4.78, 5) is 38.1. The van der Waals surface area contributed by atoms with E-state index in [4.69, 9.17) is 21.0 Å². The Hall–Kier alpha value is -4.44. The number of carbonyl (C=O) groups is 2. The number of hydrogen-bond acceptors (Lipinski definition) is 8. The lowest BCUT2D eigenvalue weighted by Crippen LogP contribution is -2.37. The van der Waals surface area contributed by atoms with Crippen LogP contribution in [0.1, 0.15) is 53.7 Å². The van der Waals surface area contributed by atoms with E-state index in [1.54, 1.807) is 25.1 Å². The second-order valence-electron chi connectivity index (χ2n) is 8.60. The van der Waals surface area contributed by atoms with Gasteiger partial charge in [0.15, 0.2) is 0 Å². The van der Waals surface area contributed by atoms with Crippen LogP contribution in [0.25, 0.3) is 5.57 Å². The van der Waals surface area contributed by atoms with Gasteiger partial charge in [-0.15, -0.1) is 0 Å². The minimum Gasteiger partial charge on any atom is -0.478 e.